The molecule has 0 amide bonds. The third-order valence-electron chi connectivity index (χ3n) is 4.78. The van der Waals surface area contributed by atoms with Crippen LogP contribution in [0.1, 0.15) is 20.8 Å². The Morgan fingerprint density at radius 3 is 2.54 bits per heavy atom. The van der Waals surface area contributed by atoms with E-state index in [0.29, 0.717) is 28.3 Å². The number of H-pyrrole nitrogens is 1. The van der Waals surface area contributed by atoms with E-state index in [9.17, 15) is 18.0 Å². The summed E-state index contributed by atoms with van der Waals surface area (Å²) in [6.45, 7) is 5.84. The van der Waals surface area contributed by atoms with Gasteiger partial charge in [-0.05, 0) is 24.3 Å². The number of halogens is 3. The molecule has 4 rings (SSSR count). The van der Waals surface area contributed by atoms with Gasteiger partial charge in [-0.1, -0.05) is 20.8 Å². The second-order valence-corrected chi connectivity index (χ2v) is 7.88. The summed E-state index contributed by atoms with van der Waals surface area (Å²) in [5.74, 6) is 0.0422. The van der Waals surface area contributed by atoms with Crippen molar-refractivity contribution in [2.24, 2.45) is 10.4 Å². The molecule has 0 saturated carbocycles. The van der Waals surface area contributed by atoms with Crippen LogP contribution in [-0.4, -0.2) is 35.1 Å². The Labute approximate surface area is 158 Å². The Balaban J connectivity index is 1.87. The first kappa shape index (κ1) is 18.4. The average Bonchev–Trinajstić information content (AvgIpc) is 3.12. The van der Waals surface area contributed by atoms with Gasteiger partial charge in [0.25, 0.3) is 0 Å². The van der Waals surface area contributed by atoms with E-state index in [4.69, 9.17) is 4.42 Å². The molecule has 1 aromatic carbocycles. The van der Waals surface area contributed by atoms with Gasteiger partial charge in [0.1, 0.15) is 11.5 Å². The summed E-state index contributed by atoms with van der Waals surface area (Å²) in [7, 11) is 1.40. The van der Waals surface area contributed by atoms with Gasteiger partial charge >= 0.3 is 11.9 Å². The Morgan fingerprint density at radius 1 is 1.18 bits per heavy atom. The highest BCUT2D eigenvalue weighted by Gasteiger charge is 2.47. The molecule has 0 saturated heterocycles. The molecular formula is C19H19F3N4O2. The quantitative estimate of drug-likeness (QED) is 0.797. The molecule has 3 heterocycles. The van der Waals surface area contributed by atoms with E-state index >= 15 is 0 Å². The standard InChI is InChI=1S/C19H19F3N4O2/c1-18(2,3)16-23-12-7-8-14(19(20,21)22)25(4)15(12)26(16)10-5-6-11-13(9-10)28-17(27)24-11/h5-9,15H,1-4H3,(H,24,27). The molecule has 2 aromatic rings. The fourth-order valence-corrected chi connectivity index (χ4v) is 3.56. The lowest BCUT2D eigenvalue weighted by atomic mass is 9.93. The number of aromatic nitrogens is 1. The fourth-order valence-electron chi connectivity index (χ4n) is 3.56. The van der Waals surface area contributed by atoms with Gasteiger partial charge in [-0.3, -0.25) is 4.98 Å². The minimum Gasteiger partial charge on any atom is -0.408 e. The van der Waals surface area contributed by atoms with E-state index in [1.165, 1.54) is 18.0 Å². The molecule has 0 bridgehead atoms. The summed E-state index contributed by atoms with van der Waals surface area (Å²) in [6.07, 6.45) is -2.77. The van der Waals surface area contributed by atoms with Crippen LogP contribution in [0.5, 0.6) is 0 Å². The SMILES string of the molecule is CN1C(C(F)(F)F)=CC=C2N=C(C(C)(C)C)N(c3ccc4[nH]c(=O)oc4c3)C21. The van der Waals surface area contributed by atoms with Crippen molar-refractivity contribution in [2.45, 2.75) is 33.1 Å². The molecule has 2 aliphatic rings. The molecule has 148 valence electrons. The van der Waals surface area contributed by atoms with Crippen molar-refractivity contribution in [3.63, 3.8) is 0 Å². The highest BCUT2D eigenvalue weighted by Crippen LogP contribution is 2.42. The Bertz CT molecular complexity index is 1100. The van der Waals surface area contributed by atoms with Crippen molar-refractivity contribution in [2.75, 3.05) is 11.9 Å². The number of nitrogens with zero attached hydrogens (tertiary/aromatic N) is 3. The number of oxazole rings is 1. The Hall–Kier alpha value is -2.97. The molecule has 28 heavy (non-hydrogen) atoms. The number of benzene rings is 1. The van der Waals surface area contributed by atoms with Crippen LogP contribution in [0.25, 0.3) is 11.1 Å². The van der Waals surface area contributed by atoms with Crippen LogP contribution in [0, 0.1) is 5.41 Å². The van der Waals surface area contributed by atoms with Crippen molar-refractivity contribution in [3.8, 4) is 0 Å². The second kappa shape index (κ2) is 5.76. The highest BCUT2D eigenvalue weighted by molar-refractivity contribution is 6.05. The van der Waals surface area contributed by atoms with Gasteiger partial charge < -0.3 is 14.2 Å². The van der Waals surface area contributed by atoms with Crippen LogP contribution in [0.15, 0.2) is 55.9 Å². The van der Waals surface area contributed by atoms with Crippen molar-refractivity contribution < 1.29 is 17.6 Å². The van der Waals surface area contributed by atoms with Gasteiger partial charge in [0, 0.05) is 24.2 Å². The molecule has 6 nitrogen and oxygen atoms in total. The van der Waals surface area contributed by atoms with Crippen LogP contribution in [0.3, 0.4) is 0 Å². The second-order valence-electron chi connectivity index (χ2n) is 7.88. The number of allylic oxidation sites excluding steroid dienone is 3. The van der Waals surface area contributed by atoms with E-state index in [1.54, 1.807) is 23.1 Å². The summed E-state index contributed by atoms with van der Waals surface area (Å²) >= 11 is 0. The monoisotopic (exact) mass is 392 g/mol. The predicted octanol–water partition coefficient (Wildman–Crippen LogP) is 3.99. The van der Waals surface area contributed by atoms with E-state index < -0.39 is 29.2 Å². The first-order valence-electron chi connectivity index (χ1n) is 8.70. The molecule has 0 radical (unpaired) electrons. The number of aliphatic imine (C=N–C) groups is 1. The van der Waals surface area contributed by atoms with Gasteiger partial charge in [-0.25, -0.2) is 9.79 Å². The van der Waals surface area contributed by atoms with Crippen LogP contribution in [0.2, 0.25) is 0 Å². The summed E-state index contributed by atoms with van der Waals surface area (Å²) in [4.78, 5) is 21.6. The third-order valence-corrected chi connectivity index (χ3v) is 4.78. The number of fused-ring (bicyclic) bond motifs is 2. The molecule has 0 fully saturated rings. The lowest BCUT2D eigenvalue weighted by Gasteiger charge is -2.40. The predicted molar refractivity (Wildman–Crippen MR) is 100.0 cm³/mol. The van der Waals surface area contributed by atoms with E-state index in [2.05, 4.69) is 9.98 Å². The number of nitrogens with one attached hydrogen (secondary N) is 1. The molecule has 0 spiro atoms. The van der Waals surface area contributed by atoms with Gasteiger partial charge in [0.2, 0.25) is 0 Å². The number of rotatable bonds is 1. The maximum absolute atomic E-state index is 13.5. The first-order chi connectivity index (χ1) is 13.0. The average molecular weight is 392 g/mol. The van der Waals surface area contributed by atoms with Crippen molar-refractivity contribution >= 4 is 22.6 Å². The van der Waals surface area contributed by atoms with Gasteiger partial charge in [-0.15, -0.1) is 0 Å². The molecule has 0 aliphatic carbocycles. The zero-order valence-corrected chi connectivity index (χ0v) is 15.8. The molecule has 9 heteroatoms. The van der Waals surface area contributed by atoms with Crippen LogP contribution in [0.4, 0.5) is 18.9 Å². The number of hydrogen-bond donors (Lipinski definition) is 1. The molecule has 1 atom stereocenters. The normalized spacial score (nSPS) is 20.2. The largest absolute Gasteiger partial charge is 0.431 e. The van der Waals surface area contributed by atoms with Gasteiger partial charge in [0.05, 0.1) is 11.2 Å². The number of likely N-dealkylation sites (N-methyl/N-ethyl adjacent to an activating group) is 1. The minimum absolute atomic E-state index is 0.332. The smallest absolute Gasteiger partial charge is 0.408 e. The summed E-state index contributed by atoms with van der Waals surface area (Å²) in [6, 6.07) is 5.04. The van der Waals surface area contributed by atoms with E-state index in [0.717, 1.165) is 6.08 Å². The third kappa shape index (κ3) is 2.81. The summed E-state index contributed by atoms with van der Waals surface area (Å²) in [5.41, 5.74) is 0.796. The molecule has 1 unspecified atom stereocenters. The fraction of sp³-hybridized carbons (Fsp3) is 0.368. The van der Waals surface area contributed by atoms with Crippen LogP contribution < -0.4 is 10.7 Å². The van der Waals surface area contributed by atoms with Crippen molar-refractivity contribution in [1.29, 1.82) is 0 Å². The molecular weight excluding hydrogens is 373 g/mol. The lowest BCUT2D eigenvalue weighted by Crippen LogP contribution is -2.51. The molecule has 1 aromatic heterocycles. The lowest BCUT2D eigenvalue weighted by molar-refractivity contribution is -0.111. The minimum atomic E-state index is -4.48. The number of anilines is 1. The van der Waals surface area contributed by atoms with Crippen LogP contribution >= 0.6 is 0 Å². The highest BCUT2D eigenvalue weighted by atomic mass is 19.4. The summed E-state index contributed by atoms with van der Waals surface area (Å²) < 4.78 is 45.5. The number of aromatic amines is 1. The maximum Gasteiger partial charge on any atom is 0.431 e. The van der Waals surface area contributed by atoms with Crippen LogP contribution in [-0.2, 0) is 0 Å². The first-order valence-corrected chi connectivity index (χ1v) is 8.70. The van der Waals surface area contributed by atoms with E-state index in [1.807, 2.05) is 20.8 Å². The maximum atomic E-state index is 13.5. The topological polar surface area (TPSA) is 64.8 Å². The Morgan fingerprint density at radius 2 is 1.89 bits per heavy atom. The number of alkyl halides is 3. The molecule has 1 N–H and O–H groups in total. The zero-order chi connectivity index (χ0) is 20.4. The van der Waals surface area contributed by atoms with Crippen molar-refractivity contribution in [1.82, 2.24) is 9.88 Å². The van der Waals surface area contributed by atoms with Crippen molar-refractivity contribution in [3.05, 3.63) is 52.3 Å². The number of hydrogen-bond acceptors (Lipinski definition) is 5. The van der Waals surface area contributed by atoms with Gasteiger partial charge in [0.15, 0.2) is 11.7 Å². The summed E-state index contributed by atoms with van der Waals surface area (Å²) in [5, 5.41) is 0. The van der Waals surface area contributed by atoms with E-state index in [-0.39, 0.29) is 0 Å². The molecule has 2 aliphatic heterocycles. The number of amidine groups is 1. The van der Waals surface area contributed by atoms with Gasteiger partial charge in [-0.2, -0.15) is 13.2 Å². The Kier molecular flexibility index (Phi) is 3.79. The zero-order valence-electron chi connectivity index (χ0n) is 15.8.